The molecule has 2 heteroatoms. The predicted octanol–water partition coefficient (Wildman–Crippen LogP) is 23.6. The van der Waals surface area contributed by atoms with Crippen molar-refractivity contribution in [2.45, 2.75) is 0 Å². The van der Waals surface area contributed by atoms with Gasteiger partial charge in [-0.1, -0.05) is 248 Å². The summed E-state index contributed by atoms with van der Waals surface area (Å²) in [7, 11) is 0. The monoisotopic (exact) mass is 1120 g/mol. The third kappa shape index (κ3) is 7.80. The summed E-state index contributed by atoms with van der Waals surface area (Å²) in [6, 6.07) is -39.9. The summed E-state index contributed by atoms with van der Waals surface area (Å²) in [4.78, 5) is 0. The van der Waals surface area contributed by atoms with Crippen molar-refractivity contribution >= 4 is 119 Å². The van der Waals surface area contributed by atoms with E-state index in [1.165, 1.54) is 0 Å². The quantitative estimate of drug-likeness (QED) is 0.161. The van der Waals surface area contributed by atoms with Crippen LogP contribution in [0.3, 0.4) is 0 Å². The number of rotatable bonds is 5. The van der Waals surface area contributed by atoms with Gasteiger partial charge in [-0.2, -0.15) is 0 Å². The second-order valence-corrected chi connectivity index (χ2v) is 18.3. The van der Waals surface area contributed by atoms with E-state index in [4.69, 9.17) is 52.7 Å². The van der Waals surface area contributed by atoms with E-state index in [0.717, 1.165) is 6.07 Å². The standard InChI is InChI=1S/C42H26O.C40H24O/c1-2-10-28(11-3-1)41-33-14-6-8-16-35(33)42(36-17-9-7-15-34(36)41)29-20-18-27(19-21-29)32-22-23-39-37(25-32)38-24-30-12-4-5-13-31(30)26-40(38)43-39;1-2-10-26-21-29(18-17-25(26)9-1)39-31-13-5-7-15-33(31)40(34-16-8-6-14-32(34)39)30-19-20-37-35(23-30)36-22-27-11-3-4-12-28(27)24-38(36)41-37/h1-26H;1-24H/i1D,2D,3D,4D,5D,6D,7D,8D,9D,10D,11D,12D,13D,14D,15D,16D,17D,18D,19D,20D,21D,22D,23D,24D,25D,26D;1D,2D,3D,4D,5D,6D,7D,8D,9D,10D,11D,12D,13D,14D,15D,16D,18D,19D,20D,21D,22D,23D,24D. The highest BCUT2D eigenvalue weighted by Gasteiger charge is 2.20. The van der Waals surface area contributed by atoms with Crippen LogP contribution in [0.25, 0.3) is 175 Å². The number of hydrogen-bond acceptors (Lipinski definition) is 2. The zero-order chi connectivity index (χ0) is 97.9. The molecule has 2 nitrogen and oxygen atoms in total. The van der Waals surface area contributed by atoms with Crippen molar-refractivity contribution in [1.82, 2.24) is 0 Å². The molecule has 2 heterocycles. The Morgan fingerprint density at radius 2 is 0.476 bits per heavy atom. The van der Waals surface area contributed by atoms with E-state index in [1.54, 1.807) is 0 Å². The normalized spacial score (nSPS) is 20.0. The highest BCUT2D eigenvalue weighted by Crippen LogP contribution is 2.47. The van der Waals surface area contributed by atoms with Gasteiger partial charge >= 0.3 is 0 Å². The minimum atomic E-state index is -1.07. The van der Waals surface area contributed by atoms with Crippen LogP contribution in [0.2, 0.25) is 0 Å². The van der Waals surface area contributed by atoms with Crippen LogP contribution < -0.4 is 0 Å². The molecule has 84 heavy (non-hydrogen) atoms. The van der Waals surface area contributed by atoms with Crippen LogP contribution in [0, 0.1) is 0 Å². The molecule has 0 unspecified atom stereocenters. The molecule has 18 aromatic rings. The summed E-state index contributed by atoms with van der Waals surface area (Å²) >= 11 is 0. The SMILES string of the molecule is [2H]c1c([2H])c([2H])c(-c2c3c([2H])c([2H])c([2H])c([2H])c3c(-c3c([2H])c([2H])c(-c4c([2H])c([2H])c5oc6c([2H])c7c([2H])c([2H])c([2H])c([2H])c7c([2H])c6c5c4[2H])c([2H])c3[2H])c3c([2H])c([2H])c([2H])c([2H])c23)c([2H])c1[2H].[2H]c1cc2c([2H])c([2H])c([2H])c([2H])c2c([2H])c1-c1c2c([2H])c([2H])c([2H])c([2H])c2c(-c2c([2H])c([2H])c3oc4c([2H])c5c([2H])c([2H])c([2H])c([2H])c5c([2H])c4c3c2[2H])c2c([2H])c([2H])c([2H])c([2H])c12. The molecule has 0 saturated heterocycles. The second kappa shape index (κ2) is 19.3. The lowest BCUT2D eigenvalue weighted by molar-refractivity contribution is 0.669. The van der Waals surface area contributed by atoms with Gasteiger partial charge in [-0.25, -0.2) is 0 Å². The Balaban J connectivity index is 0.000000186. The van der Waals surface area contributed by atoms with Crippen molar-refractivity contribution < 1.29 is 76.0 Å². The molecule has 0 fully saturated rings. The molecule has 0 aliphatic carbocycles. The molecule has 0 N–H and O–H groups in total. The lowest BCUT2D eigenvalue weighted by Gasteiger charge is -2.18. The topological polar surface area (TPSA) is 26.3 Å². The molecular weight excluding hydrogens is 1020 g/mol. The van der Waals surface area contributed by atoms with Gasteiger partial charge in [0, 0.05) is 21.5 Å². The Morgan fingerprint density at radius 1 is 0.179 bits per heavy atom. The molecule has 0 aliphatic heterocycles. The Hall–Kier alpha value is -11.1. The molecule has 0 bridgehead atoms. The first-order chi connectivity index (χ1) is 62.1. The van der Waals surface area contributed by atoms with Gasteiger partial charge in [0.25, 0.3) is 0 Å². The first-order valence-corrected chi connectivity index (χ1v) is 24.9. The summed E-state index contributed by atoms with van der Waals surface area (Å²) in [6.07, 6.45) is 0. The first kappa shape index (κ1) is 19.8. The zero-order valence-electron chi connectivity index (χ0n) is 90.9. The number of fused-ring (bicyclic) bond motifs is 13. The van der Waals surface area contributed by atoms with Crippen molar-refractivity contribution in [3.05, 3.63) is 302 Å². The van der Waals surface area contributed by atoms with E-state index in [2.05, 4.69) is 0 Å². The van der Waals surface area contributed by atoms with E-state index in [9.17, 15) is 23.3 Å². The summed E-state index contributed by atoms with van der Waals surface area (Å²) in [5.74, 6) is 0. The number of hydrogen-bond donors (Lipinski definition) is 0. The molecule has 18 rings (SSSR count). The predicted molar refractivity (Wildman–Crippen MR) is 357 cm³/mol. The third-order valence-corrected chi connectivity index (χ3v) is 13.7. The van der Waals surface area contributed by atoms with Crippen LogP contribution in [0.5, 0.6) is 0 Å². The van der Waals surface area contributed by atoms with Gasteiger partial charge in [-0.15, -0.1) is 0 Å². The van der Waals surface area contributed by atoms with Crippen molar-refractivity contribution in [3.8, 4) is 55.6 Å². The lowest BCUT2D eigenvalue weighted by atomic mass is 9.85. The zero-order valence-corrected chi connectivity index (χ0v) is 41.9. The van der Waals surface area contributed by atoms with Gasteiger partial charge in [-0.3, -0.25) is 0 Å². The fraction of sp³-hybridized carbons (Fsp3) is 0. The Bertz CT molecular complexity index is 8510. The molecule has 0 amide bonds. The Labute approximate surface area is 553 Å². The summed E-state index contributed by atoms with van der Waals surface area (Å²) in [5.41, 5.74) is -8.94. The van der Waals surface area contributed by atoms with Crippen LogP contribution >= 0.6 is 0 Å². The lowest BCUT2D eigenvalue weighted by Crippen LogP contribution is -1.91. The molecule has 0 atom stereocenters. The highest BCUT2D eigenvalue weighted by molar-refractivity contribution is 6.24. The molecular formula is C82H50O2. The summed E-state index contributed by atoms with van der Waals surface area (Å²) in [6.45, 7) is 0. The number of benzene rings is 16. The van der Waals surface area contributed by atoms with Crippen LogP contribution in [0.4, 0.5) is 0 Å². The minimum Gasteiger partial charge on any atom is -0.456 e. The van der Waals surface area contributed by atoms with Crippen LogP contribution in [-0.2, 0) is 0 Å². The first-order valence-electron chi connectivity index (χ1n) is 49.4. The van der Waals surface area contributed by atoms with Gasteiger partial charge in [0.1, 0.15) is 22.3 Å². The van der Waals surface area contributed by atoms with Gasteiger partial charge in [0.2, 0.25) is 0 Å². The Kier molecular flexibility index (Phi) is 4.56. The van der Waals surface area contributed by atoms with E-state index in [-0.39, 0.29) is 5.39 Å². The summed E-state index contributed by atoms with van der Waals surface area (Å²) in [5, 5.41) is -9.20. The average molecular weight is 1120 g/mol. The van der Waals surface area contributed by atoms with E-state index >= 15 is 0 Å². The molecule has 2 aromatic heterocycles. The van der Waals surface area contributed by atoms with Gasteiger partial charge in [0.15, 0.2) is 0 Å². The van der Waals surface area contributed by atoms with Gasteiger partial charge in [0.05, 0.1) is 67.2 Å². The van der Waals surface area contributed by atoms with E-state index in [1.807, 2.05) is 0 Å². The minimum absolute atomic E-state index is 0.256. The smallest absolute Gasteiger partial charge is 0.136 e. The van der Waals surface area contributed by atoms with Crippen LogP contribution in [0.1, 0.15) is 67.2 Å². The van der Waals surface area contributed by atoms with Gasteiger partial charge < -0.3 is 8.83 Å². The number of furan rings is 2. The van der Waals surface area contributed by atoms with Crippen LogP contribution in [-0.4, -0.2) is 0 Å². The van der Waals surface area contributed by atoms with E-state index in [0.29, 0.717) is 0 Å². The molecule has 0 spiro atoms. The maximum Gasteiger partial charge on any atom is 0.136 e. The molecule has 0 saturated carbocycles. The van der Waals surface area contributed by atoms with Crippen molar-refractivity contribution in [1.29, 1.82) is 0 Å². The van der Waals surface area contributed by atoms with Crippen LogP contribution in [0.15, 0.2) is 311 Å². The van der Waals surface area contributed by atoms with Gasteiger partial charge in [-0.05, 0) is 185 Å². The molecule has 0 aliphatic rings. The summed E-state index contributed by atoms with van der Waals surface area (Å²) < 4.78 is 447. The molecule has 390 valence electrons. The van der Waals surface area contributed by atoms with Crippen molar-refractivity contribution in [3.63, 3.8) is 0 Å². The van der Waals surface area contributed by atoms with Crippen molar-refractivity contribution in [2.75, 3.05) is 0 Å². The fourth-order valence-electron chi connectivity index (χ4n) is 10.1. The average Bonchev–Trinajstić information content (AvgIpc) is 1.43. The Morgan fingerprint density at radius 3 is 0.929 bits per heavy atom. The van der Waals surface area contributed by atoms with E-state index < -0.39 is 466 Å². The maximum atomic E-state index is 9.73. The molecule has 16 aromatic carbocycles. The largest absolute Gasteiger partial charge is 0.456 e. The second-order valence-electron chi connectivity index (χ2n) is 18.3. The third-order valence-electron chi connectivity index (χ3n) is 13.7. The fourth-order valence-corrected chi connectivity index (χ4v) is 10.1. The van der Waals surface area contributed by atoms with Crippen molar-refractivity contribution in [2.24, 2.45) is 0 Å². The highest BCUT2D eigenvalue weighted by atomic mass is 16.3. The maximum absolute atomic E-state index is 9.73. The molecule has 0 radical (unpaired) electrons.